The van der Waals surface area contributed by atoms with Crippen LogP contribution in [0.3, 0.4) is 0 Å². The number of hydrogen-bond donors (Lipinski definition) is 2. The van der Waals surface area contributed by atoms with Gasteiger partial charge in [0.25, 0.3) is 11.7 Å². The molecular weight excluding hydrogens is 218 g/mol. The van der Waals surface area contributed by atoms with Crippen LogP contribution in [0.4, 0.5) is 5.69 Å². The van der Waals surface area contributed by atoms with E-state index < -0.39 is 0 Å². The van der Waals surface area contributed by atoms with E-state index in [4.69, 9.17) is 0 Å². The topological polar surface area (TPSA) is 83.6 Å². The molecule has 2 rings (SSSR count). The minimum absolute atomic E-state index is 0.0311. The highest BCUT2D eigenvalue weighted by atomic mass is 16.2. The second-order valence-electron chi connectivity index (χ2n) is 3.93. The number of rotatable bonds is 3. The van der Waals surface area contributed by atoms with E-state index in [1.165, 1.54) is 0 Å². The van der Waals surface area contributed by atoms with Crippen molar-refractivity contribution < 1.29 is 4.79 Å². The lowest BCUT2D eigenvalue weighted by Gasteiger charge is -2.12. The minimum Gasteiger partial charge on any atom is -0.319 e. The number of aromatic nitrogens is 4. The van der Waals surface area contributed by atoms with Crippen molar-refractivity contribution in [3.05, 3.63) is 35.7 Å². The number of nitrogens with zero attached hydrogens (tertiary/aromatic N) is 3. The Kier molecular flexibility index (Phi) is 3.13. The second kappa shape index (κ2) is 4.73. The summed E-state index contributed by atoms with van der Waals surface area (Å²) in [6, 6.07) is 7.65. The van der Waals surface area contributed by atoms with Crippen LogP contribution in [0.15, 0.2) is 24.3 Å². The molecule has 1 amide bonds. The van der Waals surface area contributed by atoms with Crippen LogP contribution in [0.1, 0.15) is 35.9 Å². The summed E-state index contributed by atoms with van der Waals surface area (Å²) in [6.45, 7) is 4.14. The first-order chi connectivity index (χ1) is 8.18. The Morgan fingerprint density at radius 3 is 2.76 bits per heavy atom. The van der Waals surface area contributed by atoms with Crippen molar-refractivity contribution in [3.8, 4) is 0 Å². The predicted octanol–water partition coefficient (Wildman–Crippen LogP) is 1.58. The fraction of sp³-hybridized carbons (Fsp3) is 0.273. The number of tetrazole rings is 1. The summed E-state index contributed by atoms with van der Waals surface area (Å²) in [7, 11) is 0. The van der Waals surface area contributed by atoms with E-state index in [-0.39, 0.29) is 11.7 Å². The van der Waals surface area contributed by atoms with Gasteiger partial charge in [0, 0.05) is 5.69 Å². The zero-order valence-corrected chi connectivity index (χ0v) is 9.64. The van der Waals surface area contributed by atoms with Gasteiger partial charge in [-0.1, -0.05) is 32.0 Å². The largest absolute Gasteiger partial charge is 0.319 e. The number of amides is 1. The van der Waals surface area contributed by atoms with Crippen LogP contribution < -0.4 is 5.32 Å². The van der Waals surface area contributed by atoms with Gasteiger partial charge in [-0.05, 0) is 22.8 Å². The Hall–Kier alpha value is -2.24. The molecule has 0 aliphatic carbocycles. The molecule has 0 aliphatic rings. The van der Waals surface area contributed by atoms with Crippen molar-refractivity contribution >= 4 is 11.6 Å². The minimum atomic E-state index is -0.369. The van der Waals surface area contributed by atoms with E-state index in [2.05, 4.69) is 39.8 Å². The van der Waals surface area contributed by atoms with Crippen molar-refractivity contribution in [2.45, 2.75) is 19.8 Å². The summed E-state index contributed by atoms with van der Waals surface area (Å²) in [5, 5.41) is 15.6. The molecule has 0 saturated heterocycles. The Balaban J connectivity index is 2.22. The molecular formula is C11H13N5O. The van der Waals surface area contributed by atoms with Crippen LogP contribution >= 0.6 is 0 Å². The Labute approximate surface area is 98.4 Å². The van der Waals surface area contributed by atoms with Crippen molar-refractivity contribution in [3.63, 3.8) is 0 Å². The molecule has 0 atom stereocenters. The number of hydrogen-bond acceptors (Lipinski definition) is 4. The third kappa shape index (κ3) is 2.47. The summed E-state index contributed by atoms with van der Waals surface area (Å²) >= 11 is 0. The molecule has 17 heavy (non-hydrogen) atoms. The molecule has 0 fully saturated rings. The van der Waals surface area contributed by atoms with Crippen molar-refractivity contribution in [2.24, 2.45) is 0 Å². The maximum Gasteiger partial charge on any atom is 0.297 e. The maximum atomic E-state index is 11.8. The molecule has 6 nitrogen and oxygen atoms in total. The summed E-state index contributed by atoms with van der Waals surface area (Å²) in [5.41, 5.74) is 1.85. The molecule has 6 heteroatoms. The molecule has 2 N–H and O–H groups in total. The third-order valence-corrected chi connectivity index (χ3v) is 2.38. The van der Waals surface area contributed by atoms with Crippen LogP contribution in [0.5, 0.6) is 0 Å². The number of carbonyl (C=O) groups is 1. The highest BCUT2D eigenvalue weighted by molar-refractivity contribution is 6.01. The van der Waals surface area contributed by atoms with Crippen LogP contribution in [0, 0.1) is 0 Å². The molecule has 0 bridgehead atoms. The predicted molar refractivity (Wildman–Crippen MR) is 62.7 cm³/mol. The number of benzene rings is 1. The first-order valence-electron chi connectivity index (χ1n) is 5.32. The van der Waals surface area contributed by atoms with Crippen LogP contribution in [0.25, 0.3) is 0 Å². The lowest BCUT2D eigenvalue weighted by Crippen LogP contribution is -2.15. The number of anilines is 1. The number of carbonyl (C=O) groups excluding carboxylic acids is 1. The summed E-state index contributed by atoms with van der Waals surface area (Å²) in [4.78, 5) is 11.8. The molecule has 1 aromatic carbocycles. The zero-order chi connectivity index (χ0) is 12.3. The van der Waals surface area contributed by atoms with Gasteiger partial charge in [0.05, 0.1) is 0 Å². The second-order valence-corrected chi connectivity index (χ2v) is 3.93. The molecule has 1 aromatic heterocycles. The summed E-state index contributed by atoms with van der Waals surface area (Å²) in [5.74, 6) is -0.00724. The van der Waals surface area contributed by atoms with Gasteiger partial charge in [-0.25, -0.2) is 0 Å². The van der Waals surface area contributed by atoms with Crippen LogP contribution in [-0.4, -0.2) is 26.5 Å². The number of nitrogens with one attached hydrogen (secondary N) is 2. The number of H-pyrrole nitrogens is 1. The van der Waals surface area contributed by atoms with Gasteiger partial charge in [0.1, 0.15) is 0 Å². The lowest BCUT2D eigenvalue weighted by molar-refractivity contribution is 0.101. The summed E-state index contributed by atoms with van der Waals surface area (Å²) in [6.07, 6.45) is 0. The smallest absolute Gasteiger partial charge is 0.297 e. The highest BCUT2D eigenvalue weighted by Gasteiger charge is 2.13. The van der Waals surface area contributed by atoms with E-state index in [1.54, 1.807) is 0 Å². The number of aromatic amines is 1. The normalized spacial score (nSPS) is 10.5. The maximum absolute atomic E-state index is 11.8. The van der Waals surface area contributed by atoms with E-state index in [1.807, 2.05) is 24.3 Å². The fourth-order valence-corrected chi connectivity index (χ4v) is 1.55. The molecule has 0 saturated carbocycles. The van der Waals surface area contributed by atoms with Crippen LogP contribution in [-0.2, 0) is 0 Å². The van der Waals surface area contributed by atoms with Gasteiger partial charge in [-0.15, -0.1) is 10.2 Å². The SMILES string of the molecule is CC(C)c1ccccc1NC(=O)c1nn[nH]n1. The van der Waals surface area contributed by atoms with E-state index >= 15 is 0 Å². The van der Waals surface area contributed by atoms with Crippen molar-refractivity contribution in [1.82, 2.24) is 20.6 Å². The van der Waals surface area contributed by atoms with Gasteiger partial charge in [0.2, 0.25) is 0 Å². The van der Waals surface area contributed by atoms with E-state index in [0.29, 0.717) is 5.92 Å². The molecule has 88 valence electrons. The quantitative estimate of drug-likeness (QED) is 0.839. The van der Waals surface area contributed by atoms with Gasteiger partial charge in [-0.3, -0.25) is 4.79 Å². The molecule has 2 aromatic rings. The Morgan fingerprint density at radius 1 is 1.35 bits per heavy atom. The first-order valence-corrected chi connectivity index (χ1v) is 5.32. The molecule has 0 radical (unpaired) electrons. The average Bonchev–Trinajstić information content (AvgIpc) is 2.83. The summed E-state index contributed by atoms with van der Waals surface area (Å²) < 4.78 is 0. The molecule has 1 heterocycles. The monoisotopic (exact) mass is 231 g/mol. The zero-order valence-electron chi connectivity index (χ0n) is 9.64. The van der Waals surface area contributed by atoms with Gasteiger partial charge >= 0.3 is 0 Å². The average molecular weight is 231 g/mol. The molecule has 0 aliphatic heterocycles. The van der Waals surface area contributed by atoms with Gasteiger partial charge in [-0.2, -0.15) is 5.21 Å². The standard InChI is InChI=1S/C11H13N5O/c1-7(2)8-5-3-4-6-9(8)12-11(17)10-13-15-16-14-10/h3-7H,1-2H3,(H,12,17)(H,13,14,15,16). The van der Waals surface area contributed by atoms with Crippen molar-refractivity contribution in [2.75, 3.05) is 5.32 Å². The van der Waals surface area contributed by atoms with E-state index in [9.17, 15) is 4.79 Å². The first kappa shape index (κ1) is 11.3. The molecule has 0 unspecified atom stereocenters. The van der Waals surface area contributed by atoms with Gasteiger partial charge < -0.3 is 5.32 Å². The van der Waals surface area contributed by atoms with Crippen molar-refractivity contribution in [1.29, 1.82) is 0 Å². The molecule has 0 spiro atoms. The Bertz CT molecular complexity index is 506. The fourth-order valence-electron chi connectivity index (χ4n) is 1.55. The van der Waals surface area contributed by atoms with Crippen LogP contribution in [0.2, 0.25) is 0 Å². The number of para-hydroxylation sites is 1. The lowest BCUT2D eigenvalue weighted by atomic mass is 10.0. The Morgan fingerprint density at radius 2 is 2.12 bits per heavy atom. The van der Waals surface area contributed by atoms with E-state index in [0.717, 1.165) is 11.3 Å². The highest BCUT2D eigenvalue weighted by Crippen LogP contribution is 2.23. The van der Waals surface area contributed by atoms with Gasteiger partial charge in [0.15, 0.2) is 0 Å². The third-order valence-electron chi connectivity index (χ3n) is 2.38.